The van der Waals surface area contributed by atoms with Gasteiger partial charge in [0, 0.05) is 11.6 Å². The first-order valence-corrected chi connectivity index (χ1v) is 10.6. The number of fused-ring (bicyclic) bond motifs is 3. The number of aryl methyl sites for hydroxylation is 1. The summed E-state index contributed by atoms with van der Waals surface area (Å²) in [5, 5.41) is 12.1. The third-order valence-electron chi connectivity index (χ3n) is 6.26. The highest BCUT2D eigenvalue weighted by Crippen LogP contribution is 2.30. The van der Waals surface area contributed by atoms with E-state index in [4.69, 9.17) is 0 Å². The first-order valence-electron chi connectivity index (χ1n) is 10.6. The van der Waals surface area contributed by atoms with Crippen molar-refractivity contribution in [1.29, 1.82) is 0 Å². The van der Waals surface area contributed by atoms with Gasteiger partial charge in [0.25, 0.3) is 5.56 Å². The number of rotatable bonds is 3. The Bertz CT molecular complexity index is 1290. The van der Waals surface area contributed by atoms with Crippen molar-refractivity contribution in [2.75, 3.05) is 0 Å². The van der Waals surface area contributed by atoms with E-state index in [0.717, 1.165) is 48.6 Å². The predicted octanol–water partition coefficient (Wildman–Crippen LogP) is 4.32. The smallest absolute Gasteiger partial charge is 0.261 e. The number of aliphatic hydroxyl groups excluding tert-OH is 1. The molecule has 0 aliphatic heterocycles. The number of aliphatic hydroxyl groups is 1. The van der Waals surface area contributed by atoms with Crippen molar-refractivity contribution in [2.45, 2.75) is 51.2 Å². The van der Waals surface area contributed by atoms with Crippen LogP contribution in [-0.4, -0.2) is 25.7 Å². The summed E-state index contributed by atoms with van der Waals surface area (Å²) in [6, 6.07) is 14.2. The summed E-state index contributed by atoms with van der Waals surface area (Å²) in [5.74, 6) is 0. The Morgan fingerprint density at radius 3 is 2.70 bits per heavy atom. The molecule has 1 N–H and O–H groups in total. The summed E-state index contributed by atoms with van der Waals surface area (Å²) >= 11 is 0. The zero-order valence-corrected chi connectivity index (χ0v) is 17.1. The van der Waals surface area contributed by atoms with E-state index in [1.165, 1.54) is 11.1 Å². The summed E-state index contributed by atoms with van der Waals surface area (Å²) in [6.45, 7) is 2.08. The first kappa shape index (κ1) is 18.9. The van der Waals surface area contributed by atoms with E-state index >= 15 is 0 Å². The highest BCUT2D eigenvalue weighted by molar-refractivity contribution is 6.04. The quantitative estimate of drug-likeness (QED) is 0.521. The molecule has 0 radical (unpaired) electrons. The van der Waals surface area contributed by atoms with Crippen molar-refractivity contribution < 1.29 is 5.11 Å². The molecule has 2 aromatic heterocycles. The molecule has 1 saturated carbocycles. The van der Waals surface area contributed by atoms with Crippen LogP contribution in [0.15, 0.2) is 59.8 Å². The SMILES string of the molecule is Cc1cccc(Cc2cc3c(=O)n([C@H]4CCCC[C@@H]4O)cnc3c3ncccc23)c1. The van der Waals surface area contributed by atoms with Crippen LogP contribution in [0.25, 0.3) is 21.8 Å². The Labute approximate surface area is 175 Å². The number of pyridine rings is 1. The largest absolute Gasteiger partial charge is 0.391 e. The molecule has 0 amide bonds. The molecule has 0 unspecified atom stereocenters. The van der Waals surface area contributed by atoms with Crippen molar-refractivity contribution in [3.63, 3.8) is 0 Å². The van der Waals surface area contributed by atoms with Crippen LogP contribution in [-0.2, 0) is 6.42 Å². The van der Waals surface area contributed by atoms with Gasteiger partial charge in [-0.2, -0.15) is 0 Å². The maximum Gasteiger partial charge on any atom is 0.261 e. The lowest BCUT2D eigenvalue weighted by atomic mass is 9.92. The maximum absolute atomic E-state index is 13.5. The van der Waals surface area contributed by atoms with Gasteiger partial charge in [0.05, 0.1) is 29.4 Å². The number of nitrogens with zero attached hydrogens (tertiary/aromatic N) is 3. The van der Waals surface area contributed by atoms with Gasteiger partial charge in [0.1, 0.15) is 5.52 Å². The van der Waals surface area contributed by atoms with Gasteiger partial charge in [0.2, 0.25) is 0 Å². The lowest BCUT2D eigenvalue weighted by molar-refractivity contribution is 0.0735. The highest BCUT2D eigenvalue weighted by Gasteiger charge is 2.26. The van der Waals surface area contributed by atoms with E-state index in [0.29, 0.717) is 10.9 Å². The molecule has 152 valence electrons. The van der Waals surface area contributed by atoms with Crippen molar-refractivity contribution in [3.05, 3.63) is 82.0 Å². The summed E-state index contributed by atoms with van der Waals surface area (Å²) in [4.78, 5) is 22.7. The molecule has 2 aromatic carbocycles. The first-order chi connectivity index (χ1) is 14.6. The number of hydrogen-bond acceptors (Lipinski definition) is 4. The minimum absolute atomic E-state index is 0.0935. The Hall–Kier alpha value is -3.05. The molecular formula is C25H25N3O2. The maximum atomic E-state index is 13.5. The molecule has 2 heterocycles. The summed E-state index contributed by atoms with van der Waals surface area (Å²) in [7, 11) is 0. The average molecular weight is 399 g/mol. The Kier molecular flexibility index (Phi) is 4.83. The van der Waals surface area contributed by atoms with Crippen LogP contribution in [0.4, 0.5) is 0 Å². The molecule has 0 bridgehead atoms. The van der Waals surface area contributed by atoms with Gasteiger partial charge in [-0.25, -0.2) is 4.98 Å². The minimum atomic E-state index is -0.499. The van der Waals surface area contributed by atoms with Crippen LogP contribution < -0.4 is 5.56 Å². The van der Waals surface area contributed by atoms with E-state index in [1.54, 1.807) is 17.1 Å². The number of aromatic nitrogens is 3. The summed E-state index contributed by atoms with van der Waals surface area (Å²) in [5.41, 5.74) is 4.77. The molecule has 0 spiro atoms. The Morgan fingerprint density at radius 2 is 1.87 bits per heavy atom. The molecule has 30 heavy (non-hydrogen) atoms. The topological polar surface area (TPSA) is 68.0 Å². The fourth-order valence-corrected chi connectivity index (χ4v) is 4.75. The second kappa shape index (κ2) is 7.65. The molecular weight excluding hydrogens is 374 g/mol. The van der Waals surface area contributed by atoms with Gasteiger partial charge in [-0.05, 0) is 49.4 Å². The van der Waals surface area contributed by atoms with Crippen LogP contribution in [0, 0.1) is 6.92 Å². The zero-order valence-electron chi connectivity index (χ0n) is 17.1. The molecule has 2 atom stereocenters. The third kappa shape index (κ3) is 3.29. The molecule has 1 aliphatic rings. The van der Waals surface area contributed by atoms with Gasteiger partial charge in [-0.15, -0.1) is 0 Å². The fraction of sp³-hybridized carbons (Fsp3) is 0.320. The fourth-order valence-electron chi connectivity index (χ4n) is 4.75. The second-order valence-corrected chi connectivity index (χ2v) is 8.37. The standard InChI is InChI=1S/C25H25N3O2/c1-16-6-4-7-17(12-16)13-18-14-20-24(23-19(18)8-5-11-26-23)27-15-28(25(20)30)21-9-2-3-10-22(21)29/h4-8,11-12,14-15,21-22,29H,2-3,9-10,13H2,1H3/t21-,22-/m0/s1. The number of benzene rings is 2. The van der Waals surface area contributed by atoms with E-state index in [-0.39, 0.29) is 11.6 Å². The lowest BCUT2D eigenvalue weighted by Crippen LogP contribution is -2.34. The van der Waals surface area contributed by atoms with E-state index in [9.17, 15) is 9.90 Å². The van der Waals surface area contributed by atoms with Gasteiger partial charge < -0.3 is 5.11 Å². The van der Waals surface area contributed by atoms with Gasteiger partial charge >= 0.3 is 0 Å². The minimum Gasteiger partial charge on any atom is -0.391 e. The van der Waals surface area contributed by atoms with E-state index in [2.05, 4.69) is 41.2 Å². The average Bonchev–Trinajstić information content (AvgIpc) is 2.75. The molecule has 5 heteroatoms. The summed E-state index contributed by atoms with van der Waals surface area (Å²) in [6.07, 6.45) is 7.12. The van der Waals surface area contributed by atoms with Gasteiger partial charge in [-0.1, -0.05) is 48.7 Å². The molecule has 0 saturated heterocycles. The molecule has 1 aliphatic carbocycles. The summed E-state index contributed by atoms with van der Waals surface area (Å²) < 4.78 is 1.64. The Morgan fingerprint density at radius 1 is 1.03 bits per heavy atom. The van der Waals surface area contributed by atoms with Gasteiger partial charge in [-0.3, -0.25) is 14.3 Å². The lowest BCUT2D eigenvalue weighted by Gasteiger charge is -2.29. The van der Waals surface area contributed by atoms with E-state index < -0.39 is 6.10 Å². The number of hydrogen-bond donors (Lipinski definition) is 1. The molecule has 5 nitrogen and oxygen atoms in total. The van der Waals surface area contributed by atoms with Crippen LogP contribution >= 0.6 is 0 Å². The van der Waals surface area contributed by atoms with Crippen LogP contribution in [0.3, 0.4) is 0 Å². The molecule has 4 aromatic rings. The zero-order chi connectivity index (χ0) is 20.7. The van der Waals surface area contributed by atoms with Crippen molar-refractivity contribution in [2.24, 2.45) is 0 Å². The predicted molar refractivity (Wildman–Crippen MR) is 119 cm³/mol. The van der Waals surface area contributed by atoms with E-state index in [1.807, 2.05) is 18.2 Å². The normalized spacial score (nSPS) is 19.4. The van der Waals surface area contributed by atoms with Crippen molar-refractivity contribution >= 4 is 21.8 Å². The highest BCUT2D eigenvalue weighted by atomic mass is 16.3. The monoisotopic (exact) mass is 399 g/mol. The van der Waals surface area contributed by atoms with Crippen molar-refractivity contribution in [3.8, 4) is 0 Å². The molecule has 1 fully saturated rings. The van der Waals surface area contributed by atoms with Crippen LogP contribution in [0.1, 0.15) is 48.4 Å². The molecule has 5 rings (SSSR count). The van der Waals surface area contributed by atoms with Crippen LogP contribution in [0.5, 0.6) is 0 Å². The second-order valence-electron chi connectivity index (χ2n) is 8.37. The van der Waals surface area contributed by atoms with Crippen LogP contribution in [0.2, 0.25) is 0 Å². The van der Waals surface area contributed by atoms with Crippen molar-refractivity contribution in [1.82, 2.24) is 14.5 Å². The van der Waals surface area contributed by atoms with Gasteiger partial charge in [0.15, 0.2) is 0 Å². The Balaban J connectivity index is 1.71. The third-order valence-corrected chi connectivity index (χ3v) is 6.26.